The number of carbonyl (C=O) groups excluding carboxylic acids is 1. The van der Waals surface area contributed by atoms with Gasteiger partial charge in [0.2, 0.25) is 5.91 Å². The van der Waals surface area contributed by atoms with Crippen LogP contribution in [0.2, 0.25) is 0 Å². The Hall–Kier alpha value is -1.62. The number of hydrogen-bond acceptors (Lipinski definition) is 4. The highest BCUT2D eigenvalue weighted by atomic mass is 16.3. The van der Waals surface area contributed by atoms with E-state index in [2.05, 4.69) is 15.6 Å². The van der Waals surface area contributed by atoms with Crippen LogP contribution in [-0.2, 0) is 11.3 Å². The van der Waals surface area contributed by atoms with E-state index in [-0.39, 0.29) is 17.7 Å². The van der Waals surface area contributed by atoms with Crippen molar-refractivity contribution >= 4 is 5.91 Å². The molecule has 2 heterocycles. The number of aryl methyl sites for hydroxylation is 1. The molecule has 1 unspecified atom stereocenters. The van der Waals surface area contributed by atoms with Crippen LogP contribution >= 0.6 is 0 Å². The molecule has 92 valence electrons. The predicted molar refractivity (Wildman–Crippen MR) is 63.5 cm³/mol. The second kappa shape index (κ2) is 5.14. The van der Waals surface area contributed by atoms with Crippen LogP contribution in [0.15, 0.2) is 12.1 Å². The summed E-state index contributed by atoms with van der Waals surface area (Å²) in [6, 6.07) is 3.63. The molecule has 1 aliphatic heterocycles. The highest BCUT2D eigenvalue weighted by Crippen LogP contribution is 2.14. The van der Waals surface area contributed by atoms with Crippen molar-refractivity contribution in [3.63, 3.8) is 0 Å². The van der Waals surface area contributed by atoms with E-state index in [4.69, 9.17) is 0 Å². The zero-order valence-corrected chi connectivity index (χ0v) is 9.86. The summed E-state index contributed by atoms with van der Waals surface area (Å²) in [5.74, 6) is 0.326. The maximum absolute atomic E-state index is 11.0. The Labute approximate surface area is 100 Å². The molecule has 1 saturated heterocycles. The molecular formula is C12H17N3O2. The molecular weight excluding hydrogens is 218 g/mol. The molecule has 1 aromatic heterocycles. The third-order valence-electron chi connectivity index (χ3n) is 2.86. The first-order valence-corrected chi connectivity index (χ1v) is 5.81. The molecule has 5 nitrogen and oxygen atoms in total. The number of aromatic hydroxyl groups is 1. The summed E-state index contributed by atoms with van der Waals surface area (Å²) in [7, 11) is 0. The van der Waals surface area contributed by atoms with E-state index < -0.39 is 0 Å². The second-order valence-electron chi connectivity index (χ2n) is 4.35. The molecule has 17 heavy (non-hydrogen) atoms. The first kappa shape index (κ1) is 11.9. The molecule has 3 N–H and O–H groups in total. The van der Waals surface area contributed by atoms with E-state index >= 15 is 0 Å². The smallest absolute Gasteiger partial charge is 0.220 e. The van der Waals surface area contributed by atoms with E-state index in [1.165, 1.54) is 0 Å². The SMILES string of the molecule is Cc1ccc(O)c(CNCC2CCC(=O)N2)n1. The molecule has 0 saturated carbocycles. The van der Waals surface area contributed by atoms with Crippen molar-refractivity contribution in [3.8, 4) is 5.75 Å². The number of nitrogens with zero attached hydrogens (tertiary/aromatic N) is 1. The zero-order valence-electron chi connectivity index (χ0n) is 9.86. The van der Waals surface area contributed by atoms with Gasteiger partial charge >= 0.3 is 0 Å². The number of hydrogen-bond donors (Lipinski definition) is 3. The fraction of sp³-hybridized carbons (Fsp3) is 0.500. The molecule has 0 aromatic carbocycles. The topological polar surface area (TPSA) is 74.2 Å². The fourth-order valence-corrected chi connectivity index (χ4v) is 1.93. The van der Waals surface area contributed by atoms with Gasteiger partial charge in [0, 0.05) is 31.2 Å². The summed E-state index contributed by atoms with van der Waals surface area (Å²) in [5, 5.41) is 15.7. The van der Waals surface area contributed by atoms with Gasteiger partial charge in [0.05, 0.1) is 5.69 Å². The minimum atomic E-state index is 0.119. The van der Waals surface area contributed by atoms with Gasteiger partial charge in [0.15, 0.2) is 0 Å². The largest absolute Gasteiger partial charge is 0.506 e. The van der Waals surface area contributed by atoms with Crippen molar-refractivity contribution in [2.75, 3.05) is 6.54 Å². The minimum Gasteiger partial charge on any atom is -0.506 e. The Morgan fingerprint density at radius 2 is 2.41 bits per heavy atom. The molecule has 1 aromatic rings. The van der Waals surface area contributed by atoms with Crippen molar-refractivity contribution in [1.82, 2.24) is 15.6 Å². The van der Waals surface area contributed by atoms with E-state index in [9.17, 15) is 9.90 Å². The number of nitrogens with one attached hydrogen (secondary N) is 2. The fourth-order valence-electron chi connectivity index (χ4n) is 1.93. The molecule has 1 fully saturated rings. The number of aromatic nitrogens is 1. The van der Waals surface area contributed by atoms with Crippen LogP contribution in [0.5, 0.6) is 5.75 Å². The van der Waals surface area contributed by atoms with Crippen LogP contribution < -0.4 is 10.6 Å². The normalized spacial score (nSPS) is 19.4. The number of pyridine rings is 1. The summed E-state index contributed by atoms with van der Waals surface area (Å²) in [4.78, 5) is 15.2. The van der Waals surface area contributed by atoms with E-state index in [0.29, 0.717) is 25.2 Å². The molecule has 5 heteroatoms. The van der Waals surface area contributed by atoms with Gasteiger partial charge < -0.3 is 15.7 Å². The first-order chi connectivity index (χ1) is 8.15. The molecule has 1 amide bonds. The number of amides is 1. The quantitative estimate of drug-likeness (QED) is 0.709. The van der Waals surface area contributed by atoms with Crippen LogP contribution in [0.4, 0.5) is 0 Å². The summed E-state index contributed by atoms with van der Waals surface area (Å²) in [6.07, 6.45) is 1.49. The van der Waals surface area contributed by atoms with Crippen LogP contribution in [-0.4, -0.2) is 28.6 Å². The van der Waals surface area contributed by atoms with Gasteiger partial charge in [0.25, 0.3) is 0 Å². The van der Waals surface area contributed by atoms with Gasteiger partial charge in [-0.3, -0.25) is 9.78 Å². The lowest BCUT2D eigenvalue weighted by molar-refractivity contribution is -0.119. The first-order valence-electron chi connectivity index (χ1n) is 5.81. The highest BCUT2D eigenvalue weighted by Gasteiger charge is 2.19. The van der Waals surface area contributed by atoms with Crippen LogP contribution in [0, 0.1) is 6.92 Å². The van der Waals surface area contributed by atoms with Crippen LogP contribution in [0.3, 0.4) is 0 Å². The summed E-state index contributed by atoms with van der Waals surface area (Å²) in [6.45, 7) is 3.11. The van der Waals surface area contributed by atoms with Crippen molar-refractivity contribution in [2.45, 2.75) is 32.4 Å². The van der Waals surface area contributed by atoms with Crippen molar-refractivity contribution in [3.05, 3.63) is 23.5 Å². The molecule has 0 bridgehead atoms. The van der Waals surface area contributed by atoms with E-state index in [1.54, 1.807) is 12.1 Å². The van der Waals surface area contributed by atoms with Gasteiger partial charge in [-0.1, -0.05) is 0 Å². The average molecular weight is 235 g/mol. The van der Waals surface area contributed by atoms with Crippen molar-refractivity contribution in [1.29, 1.82) is 0 Å². The van der Waals surface area contributed by atoms with Gasteiger partial charge in [-0.25, -0.2) is 0 Å². The van der Waals surface area contributed by atoms with Gasteiger partial charge in [-0.15, -0.1) is 0 Å². The maximum atomic E-state index is 11.0. The zero-order chi connectivity index (χ0) is 12.3. The third-order valence-corrected chi connectivity index (χ3v) is 2.86. The lowest BCUT2D eigenvalue weighted by Crippen LogP contribution is -2.35. The molecule has 2 rings (SSSR count). The Bertz CT molecular complexity index is 420. The van der Waals surface area contributed by atoms with Crippen LogP contribution in [0.1, 0.15) is 24.2 Å². The predicted octanol–water partition coefficient (Wildman–Crippen LogP) is 0.464. The van der Waals surface area contributed by atoms with Gasteiger partial charge in [-0.05, 0) is 25.5 Å². The molecule has 0 spiro atoms. The van der Waals surface area contributed by atoms with E-state index in [1.807, 2.05) is 6.92 Å². The average Bonchev–Trinajstić information content (AvgIpc) is 2.69. The standard InChI is InChI=1S/C12H17N3O2/c1-8-2-4-11(16)10(14-8)7-13-6-9-3-5-12(17)15-9/h2,4,9,13,16H,3,5-7H2,1H3,(H,15,17). The highest BCUT2D eigenvalue weighted by molar-refractivity contribution is 5.78. The molecule has 0 radical (unpaired) electrons. The lowest BCUT2D eigenvalue weighted by atomic mass is 10.2. The van der Waals surface area contributed by atoms with E-state index in [0.717, 1.165) is 12.1 Å². The second-order valence-corrected chi connectivity index (χ2v) is 4.35. The maximum Gasteiger partial charge on any atom is 0.220 e. The van der Waals surface area contributed by atoms with Gasteiger partial charge in [-0.2, -0.15) is 0 Å². The lowest BCUT2D eigenvalue weighted by Gasteiger charge is -2.11. The summed E-state index contributed by atoms with van der Waals surface area (Å²) >= 11 is 0. The Kier molecular flexibility index (Phi) is 3.58. The van der Waals surface area contributed by atoms with Crippen molar-refractivity contribution < 1.29 is 9.90 Å². The Morgan fingerprint density at radius 1 is 1.59 bits per heavy atom. The Balaban J connectivity index is 1.81. The number of rotatable bonds is 4. The molecule has 1 aliphatic rings. The van der Waals surface area contributed by atoms with Crippen LogP contribution in [0.25, 0.3) is 0 Å². The summed E-state index contributed by atoms with van der Waals surface area (Å²) in [5.41, 5.74) is 1.53. The third kappa shape index (κ3) is 3.17. The minimum absolute atomic E-state index is 0.119. The Morgan fingerprint density at radius 3 is 3.12 bits per heavy atom. The molecule has 1 atom stereocenters. The van der Waals surface area contributed by atoms with Gasteiger partial charge in [0.1, 0.15) is 5.75 Å². The number of carbonyl (C=O) groups is 1. The molecule has 0 aliphatic carbocycles. The summed E-state index contributed by atoms with van der Waals surface area (Å²) < 4.78 is 0. The van der Waals surface area contributed by atoms with Crippen molar-refractivity contribution in [2.24, 2.45) is 0 Å². The monoisotopic (exact) mass is 235 g/mol.